The highest BCUT2D eigenvalue weighted by atomic mass is 35.5. The molecule has 1 heterocycles. The quantitative estimate of drug-likeness (QED) is 0.785. The zero-order valence-electron chi connectivity index (χ0n) is 12.3. The van der Waals surface area contributed by atoms with Crippen LogP contribution in [0.15, 0.2) is 36.5 Å². The standard InChI is InChI=1S/C16H16ClFN4O/c17-13-7-10(18)1-4-14(13)22-12-3-2-11(20-9-12)8-21-15(23)16(19)5-6-16/h1-4,7,9,22H,5-6,8,19H2,(H,21,23). The van der Waals surface area contributed by atoms with Crippen molar-refractivity contribution in [3.05, 3.63) is 53.1 Å². The lowest BCUT2D eigenvalue weighted by molar-refractivity contribution is -0.123. The number of benzene rings is 1. The first-order valence-corrected chi connectivity index (χ1v) is 7.58. The number of pyridine rings is 1. The van der Waals surface area contributed by atoms with E-state index < -0.39 is 11.4 Å². The fraction of sp³-hybridized carbons (Fsp3) is 0.250. The maximum atomic E-state index is 13.0. The molecule has 1 aliphatic carbocycles. The fourth-order valence-electron chi connectivity index (χ4n) is 2.06. The van der Waals surface area contributed by atoms with Gasteiger partial charge in [-0.1, -0.05) is 11.6 Å². The van der Waals surface area contributed by atoms with Gasteiger partial charge in [0, 0.05) is 0 Å². The lowest BCUT2D eigenvalue weighted by atomic mass is 10.2. The van der Waals surface area contributed by atoms with Crippen molar-refractivity contribution in [2.45, 2.75) is 24.9 Å². The topological polar surface area (TPSA) is 80.0 Å². The van der Waals surface area contributed by atoms with Gasteiger partial charge < -0.3 is 16.4 Å². The molecule has 1 aromatic heterocycles. The van der Waals surface area contributed by atoms with Crippen LogP contribution in [0.25, 0.3) is 0 Å². The number of halogens is 2. The summed E-state index contributed by atoms with van der Waals surface area (Å²) in [5, 5.41) is 6.12. The second-order valence-electron chi connectivity index (χ2n) is 5.63. The van der Waals surface area contributed by atoms with Crippen LogP contribution in [0, 0.1) is 5.82 Å². The average Bonchev–Trinajstić information content (AvgIpc) is 3.28. The lowest BCUT2D eigenvalue weighted by Gasteiger charge is -2.11. The molecule has 5 nitrogen and oxygen atoms in total. The summed E-state index contributed by atoms with van der Waals surface area (Å²) in [6, 6.07) is 7.72. The van der Waals surface area contributed by atoms with E-state index in [1.54, 1.807) is 18.3 Å². The molecule has 1 aromatic carbocycles. The summed E-state index contributed by atoms with van der Waals surface area (Å²) in [5.41, 5.74) is 7.15. The van der Waals surface area contributed by atoms with Crippen LogP contribution in [0.4, 0.5) is 15.8 Å². The van der Waals surface area contributed by atoms with Crippen LogP contribution in [0.2, 0.25) is 5.02 Å². The lowest BCUT2D eigenvalue weighted by Crippen LogP contribution is -2.42. The number of nitrogens with zero attached hydrogens (tertiary/aromatic N) is 1. The second kappa shape index (κ2) is 6.14. The van der Waals surface area contributed by atoms with Crippen molar-refractivity contribution in [2.24, 2.45) is 5.73 Å². The molecule has 0 atom stereocenters. The number of aromatic nitrogens is 1. The van der Waals surface area contributed by atoms with Gasteiger partial charge in [-0.3, -0.25) is 9.78 Å². The SMILES string of the molecule is NC1(C(=O)NCc2ccc(Nc3ccc(F)cc3Cl)cn2)CC1. The molecule has 0 unspecified atom stereocenters. The maximum absolute atomic E-state index is 13.0. The monoisotopic (exact) mass is 334 g/mol. The van der Waals surface area contributed by atoms with E-state index in [-0.39, 0.29) is 5.91 Å². The van der Waals surface area contributed by atoms with Crippen LogP contribution in [0.3, 0.4) is 0 Å². The summed E-state index contributed by atoms with van der Waals surface area (Å²) in [5.74, 6) is -0.530. The normalized spacial score (nSPS) is 15.1. The van der Waals surface area contributed by atoms with E-state index >= 15 is 0 Å². The Morgan fingerprint density at radius 2 is 2.13 bits per heavy atom. The molecule has 1 amide bonds. The Labute approximate surface area is 138 Å². The van der Waals surface area contributed by atoms with Gasteiger partial charge in [0.25, 0.3) is 0 Å². The molecule has 3 rings (SSSR count). The summed E-state index contributed by atoms with van der Waals surface area (Å²) in [4.78, 5) is 16.0. The van der Waals surface area contributed by atoms with Crippen molar-refractivity contribution in [1.82, 2.24) is 10.3 Å². The smallest absolute Gasteiger partial charge is 0.240 e. The Morgan fingerprint density at radius 3 is 2.74 bits per heavy atom. The Balaban J connectivity index is 1.59. The number of carbonyl (C=O) groups is 1. The molecular formula is C16H16ClFN4O. The zero-order chi connectivity index (χ0) is 16.4. The van der Waals surface area contributed by atoms with Crippen molar-refractivity contribution in [3.63, 3.8) is 0 Å². The van der Waals surface area contributed by atoms with E-state index in [4.69, 9.17) is 17.3 Å². The van der Waals surface area contributed by atoms with Crippen LogP contribution >= 0.6 is 11.6 Å². The average molecular weight is 335 g/mol. The van der Waals surface area contributed by atoms with Gasteiger partial charge >= 0.3 is 0 Å². The first kappa shape index (κ1) is 15.7. The second-order valence-corrected chi connectivity index (χ2v) is 6.03. The van der Waals surface area contributed by atoms with Crippen LogP contribution in [0.5, 0.6) is 0 Å². The van der Waals surface area contributed by atoms with E-state index in [0.29, 0.717) is 22.9 Å². The summed E-state index contributed by atoms with van der Waals surface area (Å²) < 4.78 is 13.0. The predicted octanol–water partition coefficient (Wildman–Crippen LogP) is 2.73. The van der Waals surface area contributed by atoms with Gasteiger partial charge in [-0.25, -0.2) is 4.39 Å². The molecule has 1 saturated carbocycles. The van der Waals surface area contributed by atoms with E-state index in [1.165, 1.54) is 12.1 Å². The summed E-state index contributed by atoms with van der Waals surface area (Å²) in [7, 11) is 0. The molecule has 7 heteroatoms. The van der Waals surface area contributed by atoms with Gasteiger partial charge in [-0.15, -0.1) is 0 Å². The molecule has 1 aliphatic rings. The zero-order valence-corrected chi connectivity index (χ0v) is 13.0. The Kier molecular flexibility index (Phi) is 4.19. The largest absolute Gasteiger partial charge is 0.353 e. The molecule has 0 radical (unpaired) electrons. The third-order valence-electron chi connectivity index (χ3n) is 3.71. The molecule has 0 saturated heterocycles. The van der Waals surface area contributed by atoms with Gasteiger partial charge in [-0.2, -0.15) is 0 Å². The van der Waals surface area contributed by atoms with Gasteiger partial charge in [-0.05, 0) is 43.2 Å². The predicted molar refractivity (Wildman–Crippen MR) is 86.9 cm³/mol. The van der Waals surface area contributed by atoms with Crippen LogP contribution in [0.1, 0.15) is 18.5 Å². The number of amides is 1. The van der Waals surface area contributed by atoms with E-state index in [2.05, 4.69) is 15.6 Å². The van der Waals surface area contributed by atoms with Crippen LogP contribution in [-0.2, 0) is 11.3 Å². The molecule has 0 bridgehead atoms. The van der Waals surface area contributed by atoms with E-state index in [9.17, 15) is 9.18 Å². The number of carbonyl (C=O) groups excluding carboxylic acids is 1. The third-order valence-corrected chi connectivity index (χ3v) is 4.02. The molecule has 4 N–H and O–H groups in total. The van der Waals surface area contributed by atoms with E-state index in [1.807, 2.05) is 6.07 Å². The van der Waals surface area contributed by atoms with Crippen molar-refractivity contribution in [1.29, 1.82) is 0 Å². The van der Waals surface area contributed by atoms with Crippen molar-refractivity contribution in [2.75, 3.05) is 5.32 Å². The van der Waals surface area contributed by atoms with Crippen molar-refractivity contribution in [3.8, 4) is 0 Å². The van der Waals surface area contributed by atoms with Gasteiger partial charge in [0.1, 0.15) is 5.82 Å². The Hall–Kier alpha value is -2.18. The molecule has 2 aromatic rings. The molecular weight excluding hydrogens is 319 g/mol. The van der Waals surface area contributed by atoms with E-state index in [0.717, 1.165) is 18.5 Å². The molecule has 1 fully saturated rings. The summed E-state index contributed by atoms with van der Waals surface area (Å²) in [6.45, 7) is 0.329. The first-order valence-electron chi connectivity index (χ1n) is 7.20. The van der Waals surface area contributed by atoms with Crippen molar-refractivity contribution >= 4 is 28.9 Å². The maximum Gasteiger partial charge on any atom is 0.240 e. The number of rotatable bonds is 5. The van der Waals surface area contributed by atoms with Gasteiger partial charge in [0.2, 0.25) is 5.91 Å². The van der Waals surface area contributed by atoms with Gasteiger partial charge in [0.15, 0.2) is 0 Å². The minimum Gasteiger partial charge on any atom is -0.353 e. The number of hydrogen-bond acceptors (Lipinski definition) is 4. The van der Waals surface area contributed by atoms with Crippen molar-refractivity contribution < 1.29 is 9.18 Å². The summed E-state index contributed by atoms with van der Waals surface area (Å²) in [6.07, 6.45) is 3.08. The molecule has 0 aliphatic heterocycles. The summed E-state index contributed by atoms with van der Waals surface area (Å²) >= 11 is 5.96. The number of nitrogens with two attached hydrogens (primary N) is 1. The molecule has 23 heavy (non-hydrogen) atoms. The van der Waals surface area contributed by atoms with Gasteiger partial charge in [0.05, 0.1) is 40.4 Å². The molecule has 0 spiro atoms. The number of nitrogens with one attached hydrogen (secondary N) is 2. The molecule has 120 valence electrons. The third kappa shape index (κ3) is 3.78. The van der Waals surface area contributed by atoms with Crippen LogP contribution < -0.4 is 16.4 Å². The highest BCUT2D eigenvalue weighted by Crippen LogP contribution is 2.32. The van der Waals surface area contributed by atoms with Crippen LogP contribution in [-0.4, -0.2) is 16.4 Å². The highest BCUT2D eigenvalue weighted by molar-refractivity contribution is 6.33. The number of hydrogen-bond donors (Lipinski definition) is 3. The Morgan fingerprint density at radius 1 is 1.35 bits per heavy atom. The highest BCUT2D eigenvalue weighted by Gasteiger charge is 2.45. The Bertz CT molecular complexity index is 731. The minimum absolute atomic E-state index is 0.139. The fourth-order valence-corrected chi connectivity index (χ4v) is 2.27. The minimum atomic E-state index is -0.680. The number of anilines is 2. The first-order chi connectivity index (χ1) is 11.0.